The van der Waals surface area contributed by atoms with Crippen LogP contribution < -0.4 is 11.1 Å². The second kappa shape index (κ2) is 4.63. The van der Waals surface area contributed by atoms with Gasteiger partial charge in [0, 0.05) is 6.07 Å². The summed E-state index contributed by atoms with van der Waals surface area (Å²) < 4.78 is 5.45. The molecule has 1 fully saturated rings. The van der Waals surface area contributed by atoms with E-state index in [4.69, 9.17) is 10.5 Å². The lowest BCUT2D eigenvalue weighted by atomic mass is 10.2. The predicted octanol–water partition coefficient (Wildman–Crippen LogP) is 1.48. The van der Waals surface area contributed by atoms with Crippen LogP contribution >= 0.6 is 0 Å². The molecule has 92 valence electrons. The quantitative estimate of drug-likeness (QED) is 0.536. The second-order valence-electron chi connectivity index (χ2n) is 4.27. The van der Waals surface area contributed by atoms with Crippen LogP contribution in [0.3, 0.4) is 0 Å². The van der Waals surface area contributed by atoms with Crippen molar-refractivity contribution in [2.24, 2.45) is 0 Å². The summed E-state index contributed by atoms with van der Waals surface area (Å²) in [4.78, 5) is 11.9. The molecule has 1 aromatic rings. The molecule has 2 unspecified atom stereocenters. The van der Waals surface area contributed by atoms with E-state index in [0.717, 1.165) is 6.42 Å². The number of nitrogens with two attached hydrogens (primary N) is 1. The number of nitrogen functional groups attached to an aromatic ring is 1. The summed E-state index contributed by atoms with van der Waals surface area (Å²) in [6.45, 7) is 1.94. The molecule has 0 spiro atoms. The molecule has 1 aliphatic rings. The number of carbonyl (C=O) groups is 1. The molecular weight excluding hydrogens is 220 g/mol. The summed E-state index contributed by atoms with van der Waals surface area (Å²) in [6.07, 6.45) is 1.29. The molecule has 1 saturated heterocycles. The van der Waals surface area contributed by atoms with Crippen molar-refractivity contribution in [3.63, 3.8) is 0 Å². The summed E-state index contributed by atoms with van der Waals surface area (Å²) >= 11 is 0. The molecule has 5 heteroatoms. The van der Waals surface area contributed by atoms with Crippen molar-refractivity contribution in [3.8, 4) is 5.75 Å². The molecule has 1 amide bonds. The van der Waals surface area contributed by atoms with Crippen molar-refractivity contribution in [2.75, 3.05) is 11.1 Å². The molecule has 17 heavy (non-hydrogen) atoms. The Hall–Kier alpha value is -1.75. The zero-order chi connectivity index (χ0) is 12.4. The molecular formula is C12H16N2O3. The van der Waals surface area contributed by atoms with Gasteiger partial charge in [-0.05, 0) is 31.9 Å². The number of ether oxygens (including phenoxy) is 1. The normalized spacial score (nSPS) is 23.6. The zero-order valence-electron chi connectivity index (χ0n) is 9.64. The van der Waals surface area contributed by atoms with Crippen molar-refractivity contribution < 1.29 is 14.6 Å². The van der Waals surface area contributed by atoms with E-state index in [0.29, 0.717) is 17.8 Å². The summed E-state index contributed by atoms with van der Waals surface area (Å²) in [5.74, 6) is -0.151. The molecule has 0 bridgehead atoms. The first-order valence-corrected chi connectivity index (χ1v) is 5.61. The van der Waals surface area contributed by atoms with Gasteiger partial charge in [-0.2, -0.15) is 0 Å². The van der Waals surface area contributed by atoms with Gasteiger partial charge in [0.05, 0.1) is 17.5 Å². The summed E-state index contributed by atoms with van der Waals surface area (Å²) in [7, 11) is 0. The number of carbonyl (C=O) groups excluding carboxylic acids is 1. The first-order valence-electron chi connectivity index (χ1n) is 5.61. The largest absolute Gasteiger partial charge is 0.508 e. The summed E-state index contributed by atoms with van der Waals surface area (Å²) in [5, 5.41) is 12.0. The standard InChI is InChI=1S/C12H16N2O3/c1-7-2-5-11(17-7)12(16)14-10-6-8(15)3-4-9(10)13/h3-4,6-7,11,15H,2,5,13H2,1H3,(H,14,16). The molecule has 0 saturated carbocycles. The number of phenols is 1. The van der Waals surface area contributed by atoms with E-state index < -0.39 is 6.10 Å². The van der Waals surface area contributed by atoms with Crippen LogP contribution in [0, 0.1) is 0 Å². The average Bonchev–Trinajstić information content (AvgIpc) is 2.70. The van der Waals surface area contributed by atoms with Gasteiger partial charge in [-0.15, -0.1) is 0 Å². The lowest BCUT2D eigenvalue weighted by molar-refractivity contribution is -0.126. The van der Waals surface area contributed by atoms with Gasteiger partial charge < -0.3 is 20.9 Å². The van der Waals surface area contributed by atoms with Crippen LogP contribution in [0.1, 0.15) is 19.8 Å². The number of aromatic hydroxyl groups is 1. The third-order valence-corrected chi connectivity index (χ3v) is 2.82. The fourth-order valence-corrected chi connectivity index (χ4v) is 1.86. The first kappa shape index (κ1) is 11.7. The Labute approximate surface area is 99.6 Å². The van der Waals surface area contributed by atoms with E-state index in [9.17, 15) is 9.90 Å². The minimum absolute atomic E-state index is 0.0650. The third kappa shape index (κ3) is 2.68. The van der Waals surface area contributed by atoms with E-state index in [-0.39, 0.29) is 17.8 Å². The Morgan fingerprint density at radius 1 is 1.53 bits per heavy atom. The number of phenolic OH excluding ortho intramolecular Hbond substituents is 1. The number of hydrogen-bond donors (Lipinski definition) is 3. The van der Waals surface area contributed by atoms with Crippen LogP contribution in [-0.2, 0) is 9.53 Å². The minimum atomic E-state index is -0.424. The Kier molecular flexibility index (Phi) is 3.19. The molecule has 1 heterocycles. The molecule has 2 rings (SSSR count). The number of rotatable bonds is 2. The molecule has 1 aromatic carbocycles. The number of anilines is 2. The van der Waals surface area contributed by atoms with Gasteiger partial charge in [-0.25, -0.2) is 0 Å². The SMILES string of the molecule is CC1CCC(C(=O)Nc2cc(O)ccc2N)O1. The molecule has 0 radical (unpaired) electrons. The highest BCUT2D eigenvalue weighted by Crippen LogP contribution is 2.25. The second-order valence-corrected chi connectivity index (χ2v) is 4.27. The Balaban J connectivity index is 2.05. The van der Waals surface area contributed by atoms with Crippen molar-refractivity contribution in [2.45, 2.75) is 32.0 Å². The van der Waals surface area contributed by atoms with Gasteiger partial charge in [0.2, 0.25) is 0 Å². The highest BCUT2D eigenvalue weighted by atomic mass is 16.5. The Morgan fingerprint density at radius 3 is 2.94 bits per heavy atom. The Morgan fingerprint density at radius 2 is 2.29 bits per heavy atom. The van der Waals surface area contributed by atoms with Crippen LogP contribution in [0.5, 0.6) is 5.75 Å². The molecule has 5 nitrogen and oxygen atoms in total. The van der Waals surface area contributed by atoms with E-state index in [1.165, 1.54) is 12.1 Å². The fourth-order valence-electron chi connectivity index (χ4n) is 1.86. The molecule has 2 atom stereocenters. The maximum absolute atomic E-state index is 11.9. The maximum atomic E-state index is 11.9. The Bertz CT molecular complexity index is 434. The zero-order valence-corrected chi connectivity index (χ0v) is 9.64. The summed E-state index contributed by atoms with van der Waals surface area (Å²) in [6, 6.07) is 4.44. The molecule has 0 aliphatic carbocycles. The molecule has 1 aliphatic heterocycles. The van der Waals surface area contributed by atoms with Gasteiger partial charge in [-0.3, -0.25) is 4.79 Å². The van der Waals surface area contributed by atoms with Crippen molar-refractivity contribution >= 4 is 17.3 Å². The van der Waals surface area contributed by atoms with Gasteiger partial charge >= 0.3 is 0 Å². The maximum Gasteiger partial charge on any atom is 0.253 e. The highest BCUT2D eigenvalue weighted by molar-refractivity contribution is 5.97. The number of nitrogens with one attached hydrogen (secondary N) is 1. The highest BCUT2D eigenvalue weighted by Gasteiger charge is 2.28. The minimum Gasteiger partial charge on any atom is -0.508 e. The van der Waals surface area contributed by atoms with E-state index in [1.54, 1.807) is 6.07 Å². The van der Waals surface area contributed by atoms with Crippen LogP contribution in [0.25, 0.3) is 0 Å². The van der Waals surface area contributed by atoms with Crippen molar-refractivity contribution in [1.29, 1.82) is 0 Å². The lowest BCUT2D eigenvalue weighted by Gasteiger charge is -2.13. The number of amides is 1. The molecule has 0 aromatic heterocycles. The van der Waals surface area contributed by atoms with Gasteiger partial charge in [0.25, 0.3) is 5.91 Å². The average molecular weight is 236 g/mol. The van der Waals surface area contributed by atoms with Crippen molar-refractivity contribution in [3.05, 3.63) is 18.2 Å². The van der Waals surface area contributed by atoms with Gasteiger partial charge in [-0.1, -0.05) is 0 Å². The fraction of sp³-hybridized carbons (Fsp3) is 0.417. The number of benzene rings is 1. The van der Waals surface area contributed by atoms with E-state index in [2.05, 4.69) is 5.32 Å². The monoisotopic (exact) mass is 236 g/mol. The third-order valence-electron chi connectivity index (χ3n) is 2.82. The lowest BCUT2D eigenvalue weighted by Crippen LogP contribution is -2.28. The van der Waals surface area contributed by atoms with Crippen LogP contribution in [0.2, 0.25) is 0 Å². The topological polar surface area (TPSA) is 84.6 Å². The van der Waals surface area contributed by atoms with Crippen molar-refractivity contribution in [1.82, 2.24) is 0 Å². The van der Waals surface area contributed by atoms with Crippen LogP contribution in [0.15, 0.2) is 18.2 Å². The van der Waals surface area contributed by atoms with Gasteiger partial charge in [0.1, 0.15) is 11.9 Å². The van der Waals surface area contributed by atoms with Gasteiger partial charge in [0.15, 0.2) is 0 Å². The first-order chi connectivity index (χ1) is 8.06. The van der Waals surface area contributed by atoms with Crippen LogP contribution in [-0.4, -0.2) is 23.2 Å². The van der Waals surface area contributed by atoms with E-state index in [1.807, 2.05) is 6.92 Å². The molecule has 4 N–H and O–H groups in total. The van der Waals surface area contributed by atoms with Crippen LogP contribution in [0.4, 0.5) is 11.4 Å². The summed E-state index contributed by atoms with van der Waals surface area (Å²) in [5.41, 5.74) is 6.53. The smallest absolute Gasteiger partial charge is 0.253 e. The van der Waals surface area contributed by atoms with E-state index >= 15 is 0 Å². The predicted molar refractivity (Wildman–Crippen MR) is 64.7 cm³/mol. The number of hydrogen-bond acceptors (Lipinski definition) is 4.